The third-order valence-corrected chi connectivity index (χ3v) is 5.02. The van der Waals surface area contributed by atoms with Gasteiger partial charge in [-0.3, -0.25) is 4.79 Å². The summed E-state index contributed by atoms with van der Waals surface area (Å²) in [5.74, 6) is -0.324. The van der Waals surface area contributed by atoms with E-state index in [1.54, 1.807) is 14.0 Å². The highest BCUT2D eigenvalue weighted by molar-refractivity contribution is 9.10. The van der Waals surface area contributed by atoms with Gasteiger partial charge in [-0.15, -0.1) is 0 Å². The first-order valence-corrected chi connectivity index (χ1v) is 8.42. The second kappa shape index (κ2) is 6.84. The van der Waals surface area contributed by atoms with E-state index in [2.05, 4.69) is 25.6 Å². The molecular formula is C11H15BrClN3O3S. The molecule has 1 aromatic rings. The molecule has 1 heterocycles. The average molecular weight is 385 g/mol. The van der Waals surface area contributed by atoms with E-state index >= 15 is 0 Å². The molecule has 0 aliphatic rings. The van der Waals surface area contributed by atoms with E-state index < -0.39 is 16.1 Å². The molecule has 0 aliphatic heterocycles. The molecule has 0 saturated carbocycles. The zero-order valence-corrected chi connectivity index (χ0v) is 14.4. The van der Waals surface area contributed by atoms with Crippen LogP contribution in [0.1, 0.15) is 13.8 Å². The summed E-state index contributed by atoms with van der Waals surface area (Å²) in [5, 5.41) is -0.149. The van der Waals surface area contributed by atoms with Crippen molar-refractivity contribution in [3.05, 3.63) is 21.9 Å². The predicted molar refractivity (Wildman–Crippen MR) is 80.0 cm³/mol. The first-order valence-electron chi connectivity index (χ1n) is 5.77. The summed E-state index contributed by atoms with van der Waals surface area (Å²) in [7, 11) is -2.32. The van der Waals surface area contributed by atoms with Gasteiger partial charge in [0.2, 0.25) is 15.9 Å². The first kappa shape index (κ1) is 17.4. The molecule has 0 radical (unpaired) electrons. The molecule has 1 atom stereocenters. The maximum atomic E-state index is 12.2. The number of hydrogen-bond acceptors (Lipinski definition) is 4. The number of aromatic nitrogens is 1. The van der Waals surface area contributed by atoms with Gasteiger partial charge >= 0.3 is 0 Å². The minimum absolute atomic E-state index is 0.149. The minimum atomic E-state index is -3.92. The van der Waals surface area contributed by atoms with E-state index in [-0.39, 0.29) is 16.0 Å². The average Bonchev–Trinajstić information content (AvgIpc) is 2.39. The third-order valence-electron chi connectivity index (χ3n) is 2.62. The fourth-order valence-electron chi connectivity index (χ4n) is 1.43. The number of pyridine rings is 1. The Morgan fingerprint density at radius 3 is 2.75 bits per heavy atom. The molecule has 0 spiro atoms. The second-order valence-corrected chi connectivity index (χ2v) is 7.09. The smallest absolute Gasteiger partial charge is 0.244 e. The van der Waals surface area contributed by atoms with Gasteiger partial charge in [-0.25, -0.2) is 13.4 Å². The minimum Gasteiger partial charge on any atom is -0.345 e. The number of carbonyl (C=O) groups excluding carboxylic acids is 1. The summed E-state index contributed by atoms with van der Waals surface area (Å²) in [6, 6.07) is 0.443. The molecule has 20 heavy (non-hydrogen) atoms. The molecule has 9 heteroatoms. The van der Waals surface area contributed by atoms with Gasteiger partial charge in [0.1, 0.15) is 10.0 Å². The predicted octanol–water partition coefficient (Wildman–Crippen LogP) is 1.64. The van der Waals surface area contributed by atoms with Gasteiger partial charge in [-0.1, -0.05) is 11.6 Å². The highest BCUT2D eigenvalue weighted by Gasteiger charge is 2.26. The van der Waals surface area contributed by atoms with Crippen LogP contribution in [0.2, 0.25) is 5.15 Å². The fraction of sp³-hybridized carbons (Fsp3) is 0.455. The monoisotopic (exact) mass is 383 g/mol. The molecule has 0 aromatic carbocycles. The second-order valence-electron chi connectivity index (χ2n) is 4.14. The molecule has 0 saturated heterocycles. The Bertz CT molecular complexity index is 609. The number of nitrogens with zero attached hydrogens (tertiary/aromatic N) is 2. The summed E-state index contributed by atoms with van der Waals surface area (Å²) in [6.45, 7) is 3.77. The Balaban J connectivity index is 3.01. The normalized spacial score (nSPS) is 13.1. The molecule has 0 aliphatic carbocycles. The van der Waals surface area contributed by atoms with Crippen molar-refractivity contribution in [3.8, 4) is 0 Å². The van der Waals surface area contributed by atoms with E-state index in [0.717, 1.165) is 0 Å². The van der Waals surface area contributed by atoms with Crippen molar-refractivity contribution >= 4 is 43.5 Å². The first-order chi connectivity index (χ1) is 9.19. The van der Waals surface area contributed by atoms with Crippen LogP contribution in [-0.4, -0.2) is 43.8 Å². The van der Waals surface area contributed by atoms with Crippen molar-refractivity contribution in [1.82, 2.24) is 14.6 Å². The summed E-state index contributed by atoms with van der Waals surface area (Å²) in [4.78, 5) is 16.9. The molecule has 0 fully saturated rings. The Morgan fingerprint density at radius 2 is 2.20 bits per heavy atom. The van der Waals surface area contributed by atoms with E-state index in [1.807, 2.05) is 0 Å². The van der Waals surface area contributed by atoms with Crippen LogP contribution in [0, 0.1) is 0 Å². The lowest BCUT2D eigenvalue weighted by Crippen LogP contribution is -2.45. The number of rotatable bonds is 5. The standard InChI is InChI=1S/C11H15BrClN3O3S/c1-4-16(3)11(17)7(2)15-20(18,19)9-5-8(12)6-14-10(9)13/h5-7,15H,4H2,1-3H3. The zero-order chi connectivity index (χ0) is 15.5. The summed E-state index contributed by atoms with van der Waals surface area (Å²) >= 11 is 8.92. The van der Waals surface area contributed by atoms with Crippen LogP contribution in [0.25, 0.3) is 0 Å². The van der Waals surface area contributed by atoms with Gasteiger partial charge in [0.15, 0.2) is 0 Å². The molecular weight excluding hydrogens is 370 g/mol. The number of halogens is 2. The lowest BCUT2D eigenvalue weighted by atomic mass is 10.3. The number of nitrogens with one attached hydrogen (secondary N) is 1. The van der Waals surface area contributed by atoms with Crippen molar-refractivity contribution in [2.75, 3.05) is 13.6 Å². The van der Waals surface area contributed by atoms with Crippen LogP contribution in [0.15, 0.2) is 21.6 Å². The molecule has 1 unspecified atom stereocenters. The van der Waals surface area contributed by atoms with Gasteiger partial charge in [0.05, 0.1) is 6.04 Å². The maximum Gasteiger partial charge on any atom is 0.244 e. The lowest BCUT2D eigenvalue weighted by molar-refractivity contribution is -0.131. The van der Waals surface area contributed by atoms with Gasteiger partial charge in [-0.2, -0.15) is 4.72 Å². The fourth-order valence-corrected chi connectivity index (χ4v) is 3.57. The van der Waals surface area contributed by atoms with Crippen LogP contribution < -0.4 is 4.72 Å². The molecule has 112 valence electrons. The Hall–Kier alpha value is -0.700. The van der Waals surface area contributed by atoms with Gasteiger partial charge < -0.3 is 4.90 Å². The molecule has 0 bridgehead atoms. The maximum absolute atomic E-state index is 12.2. The Morgan fingerprint density at radius 1 is 1.60 bits per heavy atom. The van der Waals surface area contributed by atoms with Crippen molar-refractivity contribution < 1.29 is 13.2 Å². The highest BCUT2D eigenvalue weighted by atomic mass is 79.9. The number of amides is 1. The van der Waals surface area contributed by atoms with E-state index in [1.165, 1.54) is 24.1 Å². The van der Waals surface area contributed by atoms with Crippen molar-refractivity contribution in [3.63, 3.8) is 0 Å². The van der Waals surface area contributed by atoms with Crippen LogP contribution in [0.4, 0.5) is 0 Å². The SMILES string of the molecule is CCN(C)C(=O)C(C)NS(=O)(=O)c1cc(Br)cnc1Cl. The van der Waals surface area contributed by atoms with E-state index in [4.69, 9.17) is 11.6 Å². The van der Waals surface area contributed by atoms with E-state index in [9.17, 15) is 13.2 Å². The number of carbonyl (C=O) groups is 1. The topological polar surface area (TPSA) is 79.4 Å². The molecule has 1 rings (SSSR count). The molecule has 1 aromatic heterocycles. The summed E-state index contributed by atoms with van der Waals surface area (Å²) < 4.78 is 27.2. The van der Waals surface area contributed by atoms with Crippen molar-refractivity contribution in [2.24, 2.45) is 0 Å². The Labute approximate surface area is 131 Å². The largest absolute Gasteiger partial charge is 0.345 e. The molecule has 1 amide bonds. The van der Waals surface area contributed by atoms with Crippen LogP contribution in [0.5, 0.6) is 0 Å². The lowest BCUT2D eigenvalue weighted by Gasteiger charge is -2.20. The highest BCUT2D eigenvalue weighted by Crippen LogP contribution is 2.22. The van der Waals surface area contributed by atoms with Gasteiger partial charge in [0, 0.05) is 24.3 Å². The zero-order valence-electron chi connectivity index (χ0n) is 11.2. The third kappa shape index (κ3) is 4.15. The molecule has 1 N–H and O–H groups in total. The summed E-state index contributed by atoms with van der Waals surface area (Å²) in [6.07, 6.45) is 1.39. The number of sulfonamides is 1. The van der Waals surface area contributed by atoms with Crippen LogP contribution in [0.3, 0.4) is 0 Å². The van der Waals surface area contributed by atoms with Crippen molar-refractivity contribution in [2.45, 2.75) is 24.8 Å². The Kier molecular flexibility index (Phi) is 5.93. The summed E-state index contributed by atoms with van der Waals surface area (Å²) in [5.41, 5.74) is 0. The van der Waals surface area contributed by atoms with Gasteiger partial charge in [-0.05, 0) is 35.8 Å². The van der Waals surface area contributed by atoms with Crippen molar-refractivity contribution in [1.29, 1.82) is 0 Å². The van der Waals surface area contributed by atoms with Gasteiger partial charge in [0.25, 0.3) is 0 Å². The quantitative estimate of drug-likeness (QED) is 0.783. The van der Waals surface area contributed by atoms with E-state index in [0.29, 0.717) is 11.0 Å². The van der Waals surface area contributed by atoms with Crippen LogP contribution >= 0.6 is 27.5 Å². The number of hydrogen-bond donors (Lipinski definition) is 1. The molecule has 6 nitrogen and oxygen atoms in total. The van der Waals surface area contributed by atoms with Crippen LogP contribution in [-0.2, 0) is 14.8 Å². The number of likely N-dealkylation sites (N-methyl/N-ethyl adjacent to an activating group) is 1.